The second kappa shape index (κ2) is 4.71. The van der Waals surface area contributed by atoms with Crippen LogP contribution in [0.15, 0.2) is 59.7 Å². The largest absolute Gasteiger partial charge is 0.237 e. The lowest BCUT2D eigenvalue weighted by atomic mass is 10.2. The zero-order valence-electron chi connectivity index (χ0n) is 7.97. The predicted octanol–water partition coefficient (Wildman–Crippen LogP) is 3.40. The van der Waals surface area contributed by atoms with Crippen molar-refractivity contribution in [3.05, 3.63) is 60.3 Å². The number of rotatable bonds is 2. The van der Waals surface area contributed by atoms with Crippen molar-refractivity contribution in [1.82, 2.24) is 4.98 Å². The minimum Gasteiger partial charge on any atom is -0.237 e. The molecule has 1 aromatic carbocycles. The van der Waals surface area contributed by atoms with Gasteiger partial charge in [-0.05, 0) is 12.1 Å². The van der Waals surface area contributed by atoms with Gasteiger partial charge in [-0.25, -0.2) is 9.98 Å². The van der Waals surface area contributed by atoms with Crippen molar-refractivity contribution in [2.75, 3.05) is 0 Å². The SMILES string of the molecule is Cl/C(=N\c1ccccn1)c1ccccc1. The summed E-state index contributed by atoms with van der Waals surface area (Å²) in [6, 6.07) is 15.1. The van der Waals surface area contributed by atoms with Gasteiger partial charge in [0.2, 0.25) is 0 Å². The Labute approximate surface area is 93.3 Å². The number of nitrogens with zero attached hydrogens (tertiary/aromatic N) is 2. The summed E-state index contributed by atoms with van der Waals surface area (Å²) in [5.41, 5.74) is 0.893. The summed E-state index contributed by atoms with van der Waals surface area (Å²) < 4.78 is 0. The summed E-state index contributed by atoms with van der Waals surface area (Å²) in [7, 11) is 0. The van der Waals surface area contributed by atoms with Crippen LogP contribution in [0, 0.1) is 0 Å². The second-order valence-electron chi connectivity index (χ2n) is 2.96. The number of aromatic nitrogens is 1. The third kappa shape index (κ3) is 2.64. The molecule has 0 saturated carbocycles. The molecule has 0 amide bonds. The first kappa shape index (κ1) is 9.87. The van der Waals surface area contributed by atoms with Crippen LogP contribution >= 0.6 is 11.6 Å². The molecule has 15 heavy (non-hydrogen) atoms. The maximum absolute atomic E-state index is 6.05. The average molecular weight is 217 g/mol. The van der Waals surface area contributed by atoms with E-state index in [0.29, 0.717) is 11.0 Å². The van der Waals surface area contributed by atoms with Gasteiger partial charge in [-0.15, -0.1) is 0 Å². The van der Waals surface area contributed by atoms with Gasteiger partial charge in [-0.3, -0.25) is 0 Å². The van der Waals surface area contributed by atoms with Crippen molar-refractivity contribution < 1.29 is 0 Å². The standard InChI is InChI=1S/C12H9ClN2/c13-12(10-6-2-1-3-7-10)15-11-8-4-5-9-14-11/h1-9H/b15-12-. The Bertz CT molecular complexity index is 452. The molecule has 1 aromatic heterocycles. The molecule has 0 radical (unpaired) electrons. The van der Waals surface area contributed by atoms with Crippen molar-refractivity contribution in [3.63, 3.8) is 0 Å². The lowest BCUT2D eigenvalue weighted by Gasteiger charge is -1.97. The topological polar surface area (TPSA) is 25.2 Å². The van der Waals surface area contributed by atoms with Crippen LogP contribution in [0.1, 0.15) is 5.56 Å². The summed E-state index contributed by atoms with van der Waals surface area (Å²) in [4.78, 5) is 8.27. The first-order valence-corrected chi connectivity index (χ1v) is 4.95. The molecule has 0 spiro atoms. The zero-order chi connectivity index (χ0) is 10.5. The van der Waals surface area contributed by atoms with Gasteiger partial charge in [0.05, 0.1) is 0 Å². The van der Waals surface area contributed by atoms with E-state index in [0.717, 1.165) is 5.56 Å². The molecule has 2 aromatic rings. The van der Waals surface area contributed by atoms with Crippen LogP contribution in [0.25, 0.3) is 0 Å². The first-order chi connectivity index (χ1) is 7.36. The zero-order valence-corrected chi connectivity index (χ0v) is 8.72. The molecular weight excluding hydrogens is 208 g/mol. The number of hydrogen-bond acceptors (Lipinski definition) is 2. The second-order valence-corrected chi connectivity index (χ2v) is 3.31. The van der Waals surface area contributed by atoms with Crippen LogP contribution in [0.5, 0.6) is 0 Å². The fraction of sp³-hybridized carbons (Fsp3) is 0. The lowest BCUT2D eigenvalue weighted by Crippen LogP contribution is -1.89. The van der Waals surface area contributed by atoms with Gasteiger partial charge in [0.1, 0.15) is 5.17 Å². The number of pyridine rings is 1. The number of benzene rings is 1. The van der Waals surface area contributed by atoms with E-state index in [9.17, 15) is 0 Å². The molecule has 2 nitrogen and oxygen atoms in total. The summed E-state index contributed by atoms with van der Waals surface area (Å²) >= 11 is 6.05. The summed E-state index contributed by atoms with van der Waals surface area (Å²) in [6.07, 6.45) is 1.69. The van der Waals surface area contributed by atoms with Crippen LogP contribution < -0.4 is 0 Å². The molecule has 0 atom stereocenters. The molecule has 0 bridgehead atoms. The van der Waals surface area contributed by atoms with Crippen LogP contribution in [0.3, 0.4) is 0 Å². The van der Waals surface area contributed by atoms with Crippen molar-refractivity contribution in [1.29, 1.82) is 0 Å². The highest BCUT2D eigenvalue weighted by Gasteiger charge is 1.98. The minimum atomic E-state index is 0.453. The maximum Gasteiger partial charge on any atom is 0.153 e. The minimum absolute atomic E-state index is 0.453. The summed E-state index contributed by atoms with van der Waals surface area (Å²) in [6.45, 7) is 0. The highest BCUT2D eigenvalue weighted by molar-refractivity contribution is 6.69. The quantitative estimate of drug-likeness (QED) is 0.707. The average Bonchev–Trinajstić information content (AvgIpc) is 2.31. The molecular formula is C12H9ClN2. The van der Waals surface area contributed by atoms with Gasteiger partial charge in [-0.2, -0.15) is 0 Å². The molecule has 2 rings (SSSR count). The Kier molecular flexibility index (Phi) is 3.10. The Morgan fingerprint density at radius 3 is 2.40 bits per heavy atom. The number of hydrogen-bond donors (Lipinski definition) is 0. The van der Waals surface area contributed by atoms with Gasteiger partial charge in [0.15, 0.2) is 5.82 Å². The third-order valence-electron chi connectivity index (χ3n) is 1.87. The monoisotopic (exact) mass is 216 g/mol. The van der Waals surface area contributed by atoms with Crippen LogP contribution in [-0.2, 0) is 0 Å². The van der Waals surface area contributed by atoms with E-state index in [-0.39, 0.29) is 0 Å². The van der Waals surface area contributed by atoms with Crippen molar-refractivity contribution >= 4 is 22.6 Å². The highest BCUT2D eigenvalue weighted by atomic mass is 35.5. The van der Waals surface area contributed by atoms with E-state index in [1.807, 2.05) is 48.5 Å². The summed E-state index contributed by atoms with van der Waals surface area (Å²) in [5.74, 6) is 0.617. The molecule has 0 aliphatic rings. The number of aliphatic imine (C=N–C) groups is 1. The van der Waals surface area contributed by atoms with E-state index in [1.54, 1.807) is 6.20 Å². The fourth-order valence-electron chi connectivity index (χ4n) is 1.16. The van der Waals surface area contributed by atoms with E-state index < -0.39 is 0 Å². The molecule has 3 heteroatoms. The number of halogens is 1. The van der Waals surface area contributed by atoms with E-state index in [1.165, 1.54) is 0 Å². The van der Waals surface area contributed by atoms with Gasteiger partial charge in [0.25, 0.3) is 0 Å². The molecule has 0 N–H and O–H groups in total. The third-order valence-corrected chi connectivity index (χ3v) is 2.18. The highest BCUT2D eigenvalue weighted by Crippen LogP contribution is 2.11. The van der Waals surface area contributed by atoms with Crippen LogP contribution in [0.2, 0.25) is 0 Å². The fourth-order valence-corrected chi connectivity index (χ4v) is 1.37. The smallest absolute Gasteiger partial charge is 0.153 e. The Morgan fingerprint density at radius 2 is 1.73 bits per heavy atom. The molecule has 0 fully saturated rings. The molecule has 0 saturated heterocycles. The lowest BCUT2D eigenvalue weighted by molar-refractivity contribution is 1.28. The van der Waals surface area contributed by atoms with Crippen molar-refractivity contribution in [2.24, 2.45) is 4.99 Å². The molecule has 74 valence electrons. The Hall–Kier alpha value is -1.67. The Morgan fingerprint density at radius 1 is 1.00 bits per heavy atom. The van der Waals surface area contributed by atoms with E-state index in [4.69, 9.17) is 11.6 Å². The predicted molar refractivity (Wildman–Crippen MR) is 62.7 cm³/mol. The van der Waals surface area contributed by atoms with Gasteiger partial charge in [-0.1, -0.05) is 48.0 Å². The van der Waals surface area contributed by atoms with Crippen LogP contribution in [0.4, 0.5) is 5.82 Å². The van der Waals surface area contributed by atoms with Crippen molar-refractivity contribution in [2.45, 2.75) is 0 Å². The van der Waals surface area contributed by atoms with E-state index in [2.05, 4.69) is 9.98 Å². The van der Waals surface area contributed by atoms with Crippen LogP contribution in [-0.4, -0.2) is 10.2 Å². The van der Waals surface area contributed by atoms with Gasteiger partial charge in [0, 0.05) is 11.8 Å². The van der Waals surface area contributed by atoms with E-state index >= 15 is 0 Å². The molecule has 1 heterocycles. The molecule has 0 unspecified atom stereocenters. The van der Waals surface area contributed by atoms with Crippen molar-refractivity contribution in [3.8, 4) is 0 Å². The molecule has 0 aliphatic heterocycles. The van der Waals surface area contributed by atoms with Gasteiger partial charge < -0.3 is 0 Å². The summed E-state index contributed by atoms with van der Waals surface area (Å²) in [5, 5.41) is 0.453. The Balaban J connectivity index is 2.29. The van der Waals surface area contributed by atoms with Gasteiger partial charge >= 0.3 is 0 Å². The first-order valence-electron chi connectivity index (χ1n) is 4.57. The normalized spacial score (nSPS) is 11.4. The maximum atomic E-state index is 6.05. The molecule has 0 aliphatic carbocycles.